The number of halogens is 3. The highest BCUT2D eigenvalue weighted by Crippen LogP contribution is 2.35. The quantitative estimate of drug-likeness (QED) is 0.296. The van der Waals surface area contributed by atoms with E-state index in [1.165, 1.54) is 18.5 Å². The van der Waals surface area contributed by atoms with Crippen molar-refractivity contribution in [2.75, 3.05) is 44.6 Å². The number of carbonyl (C=O) groups excluding carboxylic acids is 2. The first-order valence-electron chi connectivity index (χ1n) is 13.6. The van der Waals surface area contributed by atoms with Gasteiger partial charge in [-0.1, -0.05) is 24.3 Å². The first-order valence-corrected chi connectivity index (χ1v) is 13.6. The number of nitriles is 1. The van der Waals surface area contributed by atoms with Gasteiger partial charge < -0.3 is 16.0 Å². The molecule has 2 amide bonds. The van der Waals surface area contributed by atoms with Crippen LogP contribution in [0.5, 0.6) is 0 Å². The Morgan fingerprint density at radius 1 is 1.05 bits per heavy atom. The Hall–Kier alpha value is -4.87. The van der Waals surface area contributed by atoms with Crippen LogP contribution in [-0.4, -0.2) is 80.6 Å². The summed E-state index contributed by atoms with van der Waals surface area (Å²) in [7, 11) is 0. The number of hydrogen-bond acceptors (Lipinski definition) is 8. The smallest absolute Gasteiger partial charge is 0.335 e. The number of benzene rings is 1. The minimum atomic E-state index is -4.94. The Labute approximate surface area is 244 Å². The Kier molecular flexibility index (Phi) is 8.65. The van der Waals surface area contributed by atoms with Crippen molar-refractivity contribution in [3.63, 3.8) is 0 Å². The monoisotopic (exact) mass is 591 g/mol. The summed E-state index contributed by atoms with van der Waals surface area (Å²) in [6.07, 6.45) is 1.69. The van der Waals surface area contributed by atoms with Gasteiger partial charge in [0, 0.05) is 43.1 Å². The number of fused-ring (bicyclic) bond motifs is 1. The fourth-order valence-corrected chi connectivity index (χ4v) is 5.03. The summed E-state index contributed by atoms with van der Waals surface area (Å²) >= 11 is 0. The van der Waals surface area contributed by atoms with E-state index in [0.717, 1.165) is 31.8 Å². The molecular formula is C29H28F3N9O2. The van der Waals surface area contributed by atoms with Crippen LogP contribution in [0.1, 0.15) is 44.9 Å². The van der Waals surface area contributed by atoms with E-state index in [2.05, 4.69) is 25.3 Å². The highest BCUT2D eigenvalue weighted by molar-refractivity contribution is 6.05. The van der Waals surface area contributed by atoms with Gasteiger partial charge in [0.05, 0.1) is 41.1 Å². The largest absolute Gasteiger partial charge is 0.434 e. The van der Waals surface area contributed by atoms with Crippen molar-refractivity contribution in [2.45, 2.75) is 19.0 Å². The lowest BCUT2D eigenvalue weighted by molar-refractivity contribution is -0.143. The minimum absolute atomic E-state index is 0.0458. The fourth-order valence-electron chi connectivity index (χ4n) is 5.03. The summed E-state index contributed by atoms with van der Waals surface area (Å²) in [5, 5.41) is 17.0. The molecule has 43 heavy (non-hydrogen) atoms. The number of hydrogen-bond donors (Lipinski definition) is 2. The lowest BCUT2D eigenvalue weighted by atomic mass is 10.1. The van der Waals surface area contributed by atoms with Gasteiger partial charge in [0.15, 0.2) is 5.69 Å². The summed E-state index contributed by atoms with van der Waals surface area (Å²) in [5.41, 5.74) is 3.33. The van der Waals surface area contributed by atoms with Crippen LogP contribution < -0.4 is 11.1 Å². The van der Waals surface area contributed by atoms with Crippen LogP contribution in [0.2, 0.25) is 0 Å². The SMILES string of the molecule is N#Cc1cc(NC(=O)c2cnn(-c3cncc4ccccc34)c2C(F)(F)F)cnc1C(=O)N1CCN(CCCCN)CC1. The maximum absolute atomic E-state index is 14.3. The minimum Gasteiger partial charge on any atom is -0.335 e. The van der Waals surface area contributed by atoms with Gasteiger partial charge in [-0.3, -0.25) is 19.5 Å². The van der Waals surface area contributed by atoms with Crippen molar-refractivity contribution >= 4 is 28.3 Å². The maximum Gasteiger partial charge on any atom is 0.434 e. The van der Waals surface area contributed by atoms with Gasteiger partial charge in [0.25, 0.3) is 11.8 Å². The summed E-state index contributed by atoms with van der Waals surface area (Å²) in [5.74, 6) is -1.54. The van der Waals surface area contributed by atoms with Gasteiger partial charge in [-0.2, -0.15) is 23.5 Å². The zero-order valence-electron chi connectivity index (χ0n) is 23.0. The van der Waals surface area contributed by atoms with Gasteiger partial charge in [-0.05, 0) is 32.0 Å². The highest BCUT2D eigenvalue weighted by atomic mass is 19.4. The summed E-state index contributed by atoms with van der Waals surface area (Å²) < 4.78 is 43.5. The van der Waals surface area contributed by atoms with Crippen LogP contribution in [0.4, 0.5) is 18.9 Å². The van der Waals surface area contributed by atoms with Crippen molar-refractivity contribution in [3.8, 4) is 11.8 Å². The van der Waals surface area contributed by atoms with Gasteiger partial charge in [-0.15, -0.1) is 0 Å². The van der Waals surface area contributed by atoms with Crippen LogP contribution in [0.3, 0.4) is 0 Å². The molecule has 0 aliphatic carbocycles. The van der Waals surface area contributed by atoms with Crippen LogP contribution in [-0.2, 0) is 6.18 Å². The molecule has 0 unspecified atom stereocenters. The molecule has 4 heterocycles. The van der Waals surface area contributed by atoms with Crippen molar-refractivity contribution in [1.82, 2.24) is 29.5 Å². The third kappa shape index (κ3) is 6.32. The van der Waals surface area contributed by atoms with Gasteiger partial charge in [0.1, 0.15) is 11.8 Å². The van der Waals surface area contributed by atoms with Crippen molar-refractivity contribution in [3.05, 3.63) is 77.6 Å². The number of alkyl halides is 3. The number of amides is 2. The predicted molar refractivity (Wildman–Crippen MR) is 151 cm³/mol. The number of nitrogens with two attached hydrogens (primary N) is 1. The number of piperazine rings is 1. The molecule has 0 saturated carbocycles. The number of pyridine rings is 2. The highest BCUT2D eigenvalue weighted by Gasteiger charge is 2.41. The molecule has 0 bridgehead atoms. The summed E-state index contributed by atoms with van der Waals surface area (Å²) in [6.45, 7) is 3.80. The zero-order valence-corrected chi connectivity index (χ0v) is 23.0. The Bertz CT molecular complexity index is 1680. The first-order chi connectivity index (χ1) is 20.7. The molecule has 4 aromatic rings. The van der Waals surface area contributed by atoms with Gasteiger partial charge in [0.2, 0.25) is 0 Å². The number of anilines is 1. The van der Waals surface area contributed by atoms with Crippen LogP contribution in [0.25, 0.3) is 16.5 Å². The third-order valence-electron chi connectivity index (χ3n) is 7.21. The van der Waals surface area contributed by atoms with E-state index in [4.69, 9.17) is 5.73 Å². The molecule has 1 fully saturated rings. The van der Waals surface area contributed by atoms with E-state index >= 15 is 0 Å². The average Bonchev–Trinajstić information content (AvgIpc) is 3.47. The van der Waals surface area contributed by atoms with Crippen LogP contribution in [0.15, 0.2) is 55.1 Å². The second-order valence-electron chi connectivity index (χ2n) is 10.0. The number of nitrogens with one attached hydrogen (secondary N) is 1. The molecular weight excluding hydrogens is 563 g/mol. The van der Waals surface area contributed by atoms with E-state index < -0.39 is 29.2 Å². The molecule has 3 aromatic heterocycles. The Morgan fingerprint density at radius 3 is 2.53 bits per heavy atom. The molecule has 1 aromatic carbocycles. The van der Waals surface area contributed by atoms with E-state index in [9.17, 15) is 28.0 Å². The number of carbonyl (C=O) groups is 2. The number of nitrogens with zero attached hydrogens (tertiary/aromatic N) is 7. The molecule has 3 N–H and O–H groups in total. The topological polar surface area (TPSA) is 146 Å². The first kappa shape index (κ1) is 29.6. The second kappa shape index (κ2) is 12.6. The predicted octanol–water partition coefficient (Wildman–Crippen LogP) is 3.45. The van der Waals surface area contributed by atoms with Crippen LogP contribution in [0, 0.1) is 11.3 Å². The normalized spacial score (nSPS) is 14.1. The molecule has 0 spiro atoms. The fraction of sp³-hybridized carbons (Fsp3) is 0.310. The van der Waals surface area contributed by atoms with E-state index in [1.807, 2.05) is 6.07 Å². The van der Waals surface area contributed by atoms with Crippen LogP contribution >= 0.6 is 0 Å². The molecule has 1 aliphatic heterocycles. The summed E-state index contributed by atoms with van der Waals surface area (Å²) in [4.78, 5) is 38.2. The Morgan fingerprint density at radius 2 is 1.81 bits per heavy atom. The maximum atomic E-state index is 14.3. The number of aromatic nitrogens is 4. The van der Waals surface area contributed by atoms with E-state index in [0.29, 0.717) is 48.2 Å². The lowest BCUT2D eigenvalue weighted by Crippen LogP contribution is -2.49. The third-order valence-corrected chi connectivity index (χ3v) is 7.21. The van der Waals surface area contributed by atoms with Crippen molar-refractivity contribution in [1.29, 1.82) is 5.26 Å². The average molecular weight is 592 g/mol. The lowest BCUT2D eigenvalue weighted by Gasteiger charge is -2.34. The van der Waals surface area contributed by atoms with E-state index in [1.54, 1.807) is 29.2 Å². The molecule has 1 saturated heterocycles. The Balaban J connectivity index is 1.35. The van der Waals surface area contributed by atoms with Crippen molar-refractivity contribution < 1.29 is 22.8 Å². The molecule has 0 radical (unpaired) electrons. The van der Waals surface area contributed by atoms with Gasteiger partial charge >= 0.3 is 6.18 Å². The zero-order chi connectivity index (χ0) is 30.6. The molecule has 5 rings (SSSR count). The van der Waals surface area contributed by atoms with E-state index in [-0.39, 0.29) is 22.6 Å². The molecule has 11 nitrogen and oxygen atoms in total. The summed E-state index contributed by atoms with van der Waals surface area (Å²) in [6, 6.07) is 9.86. The molecule has 222 valence electrons. The van der Waals surface area contributed by atoms with Crippen molar-refractivity contribution in [2.24, 2.45) is 5.73 Å². The standard InChI is InChI=1S/C29H28F3N9O2/c30-29(31,32)26-23(17-37-41(26)24-18-35-15-19-5-1-2-6-22(19)24)27(42)38-21-13-20(14-34)25(36-16-21)28(43)40-11-9-39(10-12-40)8-4-3-7-33/h1-2,5-6,13,15-18H,3-4,7-12,33H2,(H,38,42). The molecule has 1 aliphatic rings. The number of unbranched alkanes of at least 4 members (excludes halogenated alkanes) is 1. The van der Waals surface area contributed by atoms with Gasteiger partial charge in [-0.25, -0.2) is 9.67 Å². The second-order valence-corrected chi connectivity index (χ2v) is 10.0. The number of rotatable bonds is 8. The molecule has 0 atom stereocenters. The molecule has 14 heteroatoms.